The quantitative estimate of drug-likeness (QED) is 0.915. The van der Waals surface area contributed by atoms with E-state index in [1.807, 2.05) is 0 Å². The van der Waals surface area contributed by atoms with Gasteiger partial charge in [-0.3, -0.25) is 4.79 Å². The minimum atomic E-state index is -0.960. The molecule has 0 aliphatic carbocycles. The molecule has 0 aromatic heterocycles. The number of aliphatic carboxylic acids is 1. The second kappa shape index (κ2) is 6.47. The van der Waals surface area contributed by atoms with Crippen LogP contribution in [0.15, 0.2) is 18.2 Å². The third-order valence-electron chi connectivity index (χ3n) is 3.65. The Kier molecular flexibility index (Phi) is 4.67. The van der Waals surface area contributed by atoms with Gasteiger partial charge in [0, 0.05) is 18.2 Å². The maximum atomic E-state index is 12.6. The van der Waals surface area contributed by atoms with E-state index in [9.17, 15) is 14.7 Å². The minimum Gasteiger partial charge on any atom is -0.497 e. The van der Waals surface area contributed by atoms with Gasteiger partial charge in [0.2, 0.25) is 0 Å². The van der Waals surface area contributed by atoms with E-state index in [0.717, 1.165) is 12.8 Å². The van der Waals surface area contributed by atoms with Gasteiger partial charge in [0.1, 0.15) is 17.5 Å². The molecule has 1 heterocycles. The van der Waals surface area contributed by atoms with Crippen molar-refractivity contribution in [2.24, 2.45) is 0 Å². The molecule has 6 nitrogen and oxygen atoms in total. The van der Waals surface area contributed by atoms with Crippen LogP contribution in [-0.4, -0.2) is 48.7 Å². The van der Waals surface area contributed by atoms with Gasteiger partial charge in [-0.15, -0.1) is 0 Å². The molecule has 2 rings (SSSR count). The Morgan fingerprint density at radius 2 is 1.76 bits per heavy atom. The standard InChI is InChI=1S/C15H19NO5/c1-20-11-7-10(8-12(9-11)21-2)14(17)16-6-4-3-5-13(16)15(18)19/h7-9,13H,3-6H2,1-2H3,(H,18,19)/t13-/m1/s1. The lowest BCUT2D eigenvalue weighted by atomic mass is 10.0. The highest BCUT2D eigenvalue weighted by molar-refractivity contribution is 5.97. The normalized spacial score (nSPS) is 18.2. The summed E-state index contributed by atoms with van der Waals surface area (Å²) in [5.41, 5.74) is 0.374. The maximum absolute atomic E-state index is 12.6. The summed E-state index contributed by atoms with van der Waals surface area (Å²) in [5.74, 6) is -0.264. The van der Waals surface area contributed by atoms with Gasteiger partial charge >= 0.3 is 5.97 Å². The van der Waals surface area contributed by atoms with Crippen molar-refractivity contribution in [2.45, 2.75) is 25.3 Å². The van der Waals surface area contributed by atoms with Crippen LogP contribution in [0.25, 0.3) is 0 Å². The third kappa shape index (κ3) is 3.26. The van der Waals surface area contributed by atoms with Crippen molar-refractivity contribution in [3.8, 4) is 11.5 Å². The highest BCUT2D eigenvalue weighted by Gasteiger charge is 2.32. The SMILES string of the molecule is COc1cc(OC)cc(C(=O)N2CCCC[C@@H]2C(=O)O)c1. The Labute approximate surface area is 123 Å². The largest absolute Gasteiger partial charge is 0.497 e. The number of methoxy groups -OCH3 is 2. The van der Waals surface area contributed by atoms with E-state index >= 15 is 0 Å². The number of carbonyl (C=O) groups excluding carboxylic acids is 1. The fourth-order valence-corrected chi connectivity index (χ4v) is 2.53. The van der Waals surface area contributed by atoms with Crippen LogP contribution in [0.2, 0.25) is 0 Å². The van der Waals surface area contributed by atoms with Crippen molar-refractivity contribution in [2.75, 3.05) is 20.8 Å². The first-order chi connectivity index (χ1) is 10.1. The summed E-state index contributed by atoms with van der Waals surface area (Å²) in [6.07, 6.45) is 2.13. The van der Waals surface area contributed by atoms with Crippen LogP contribution in [0.5, 0.6) is 11.5 Å². The maximum Gasteiger partial charge on any atom is 0.326 e. The number of benzene rings is 1. The number of carboxylic acid groups (broad SMARTS) is 1. The number of hydrogen-bond acceptors (Lipinski definition) is 4. The van der Waals surface area contributed by atoms with Crippen LogP contribution in [0, 0.1) is 0 Å². The van der Waals surface area contributed by atoms with Gasteiger partial charge in [0.05, 0.1) is 14.2 Å². The Balaban J connectivity index is 2.31. The van der Waals surface area contributed by atoms with Gasteiger partial charge in [-0.05, 0) is 31.4 Å². The monoisotopic (exact) mass is 293 g/mol. The smallest absolute Gasteiger partial charge is 0.326 e. The lowest BCUT2D eigenvalue weighted by Crippen LogP contribution is -2.47. The zero-order valence-electron chi connectivity index (χ0n) is 12.2. The molecule has 21 heavy (non-hydrogen) atoms. The molecular weight excluding hydrogens is 274 g/mol. The number of rotatable bonds is 4. The summed E-state index contributed by atoms with van der Waals surface area (Å²) >= 11 is 0. The van der Waals surface area contributed by atoms with Crippen LogP contribution >= 0.6 is 0 Å². The Bertz CT molecular complexity index is 521. The van der Waals surface area contributed by atoms with Gasteiger partial charge < -0.3 is 19.5 Å². The van der Waals surface area contributed by atoms with Gasteiger partial charge in [-0.1, -0.05) is 0 Å². The number of carboxylic acids is 1. The summed E-state index contributed by atoms with van der Waals surface area (Å²) in [4.78, 5) is 25.3. The predicted molar refractivity (Wildman–Crippen MR) is 75.9 cm³/mol. The van der Waals surface area contributed by atoms with Gasteiger partial charge in [-0.2, -0.15) is 0 Å². The Morgan fingerprint density at radius 1 is 1.14 bits per heavy atom. The first-order valence-electron chi connectivity index (χ1n) is 6.83. The van der Waals surface area contributed by atoms with Gasteiger partial charge in [0.25, 0.3) is 5.91 Å². The van der Waals surface area contributed by atoms with Crippen molar-refractivity contribution in [3.05, 3.63) is 23.8 Å². The average Bonchev–Trinajstić information content (AvgIpc) is 2.53. The molecule has 1 atom stereocenters. The van der Waals surface area contributed by atoms with E-state index in [-0.39, 0.29) is 5.91 Å². The van der Waals surface area contributed by atoms with Crippen LogP contribution < -0.4 is 9.47 Å². The number of ether oxygens (including phenoxy) is 2. The number of hydrogen-bond donors (Lipinski definition) is 1. The molecule has 0 unspecified atom stereocenters. The number of carbonyl (C=O) groups is 2. The predicted octanol–water partition coefficient (Wildman–Crippen LogP) is 1.78. The number of nitrogens with zero attached hydrogens (tertiary/aromatic N) is 1. The van der Waals surface area contributed by atoms with E-state index in [0.29, 0.717) is 30.0 Å². The van der Waals surface area contributed by atoms with Crippen LogP contribution in [0.3, 0.4) is 0 Å². The summed E-state index contributed by atoms with van der Waals surface area (Å²) in [6, 6.07) is 4.10. The summed E-state index contributed by atoms with van der Waals surface area (Å²) in [7, 11) is 3.01. The Morgan fingerprint density at radius 3 is 2.29 bits per heavy atom. The number of piperidine rings is 1. The van der Waals surface area contributed by atoms with Crippen molar-refractivity contribution < 1.29 is 24.2 Å². The molecule has 1 saturated heterocycles. The molecule has 114 valence electrons. The van der Waals surface area contributed by atoms with E-state index in [1.165, 1.54) is 19.1 Å². The summed E-state index contributed by atoms with van der Waals surface area (Å²) in [6.45, 7) is 0.454. The molecule has 0 spiro atoms. The fraction of sp³-hybridized carbons (Fsp3) is 0.467. The zero-order chi connectivity index (χ0) is 15.4. The molecule has 1 aliphatic heterocycles. The van der Waals surface area contributed by atoms with Crippen molar-refractivity contribution >= 4 is 11.9 Å². The minimum absolute atomic E-state index is 0.306. The van der Waals surface area contributed by atoms with Crippen LogP contribution in [-0.2, 0) is 4.79 Å². The summed E-state index contributed by atoms with van der Waals surface area (Å²) in [5, 5.41) is 9.26. The van der Waals surface area contributed by atoms with Crippen molar-refractivity contribution in [3.63, 3.8) is 0 Å². The van der Waals surface area contributed by atoms with Gasteiger partial charge in [0.15, 0.2) is 0 Å². The third-order valence-corrected chi connectivity index (χ3v) is 3.65. The molecule has 0 bridgehead atoms. The molecule has 6 heteroatoms. The molecule has 1 amide bonds. The van der Waals surface area contributed by atoms with E-state index in [1.54, 1.807) is 18.2 Å². The van der Waals surface area contributed by atoms with E-state index in [2.05, 4.69) is 0 Å². The highest BCUT2D eigenvalue weighted by atomic mass is 16.5. The second-order valence-electron chi connectivity index (χ2n) is 4.95. The molecule has 1 N–H and O–H groups in total. The molecule has 1 fully saturated rings. The number of likely N-dealkylation sites (tertiary alicyclic amines) is 1. The lowest BCUT2D eigenvalue weighted by Gasteiger charge is -2.33. The highest BCUT2D eigenvalue weighted by Crippen LogP contribution is 2.26. The molecule has 1 aromatic rings. The molecule has 0 saturated carbocycles. The molecule has 1 aromatic carbocycles. The second-order valence-corrected chi connectivity index (χ2v) is 4.95. The Hall–Kier alpha value is -2.24. The van der Waals surface area contributed by atoms with E-state index < -0.39 is 12.0 Å². The van der Waals surface area contributed by atoms with Gasteiger partial charge in [-0.25, -0.2) is 4.79 Å². The van der Waals surface area contributed by atoms with Crippen molar-refractivity contribution in [1.29, 1.82) is 0 Å². The first-order valence-corrected chi connectivity index (χ1v) is 6.83. The topological polar surface area (TPSA) is 76.1 Å². The van der Waals surface area contributed by atoms with Crippen LogP contribution in [0.1, 0.15) is 29.6 Å². The fourth-order valence-electron chi connectivity index (χ4n) is 2.53. The zero-order valence-corrected chi connectivity index (χ0v) is 12.2. The number of amides is 1. The van der Waals surface area contributed by atoms with Crippen LogP contribution in [0.4, 0.5) is 0 Å². The van der Waals surface area contributed by atoms with E-state index in [4.69, 9.17) is 9.47 Å². The first kappa shape index (κ1) is 15.2. The lowest BCUT2D eigenvalue weighted by molar-refractivity contribution is -0.143. The molecule has 0 radical (unpaired) electrons. The molecule has 1 aliphatic rings. The summed E-state index contributed by atoms with van der Waals surface area (Å²) < 4.78 is 10.3. The van der Waals surface area contributed by atoms with Crippen molar-refractivity contribution in [1.82, 2.24) is 4.90 Å². The molecular formula is C15H19NO5. The average molecular weight is 293 g/mol.